The molecule has 4 atom stereocenters. The van der Waals surface area contributed by atoms with Gasteiger partial charge in [-0.05, 0) is 23.6 Å². The van der Waals surface area contributed by atoms with Crippen LogP contribution in [0.1, 0.15) is 38.8 Å². The lowest BCUT2D eigenvalue weighted by molar-refractivity contribution is -0.137. The summed E-state index contributed by atoms with van der Waals surface area (Å²) in [5.74, 6) is -3.34. The maximum atomic E-state index is 12.8. The Hall–Kier alpha value is -2.45. The van der Waals surface area contributed by atoms with E-state index >= 15 is 0 Å². The fraction of sp³-hybridized carbons (Fsp3) is 0.500. The monoisotopic (exact) mass is 425 g/mol. The quantitative estimate of drug-likeness (QED) is 0.423. The van der Waals surface area contributed by atoms with Crippen molar-refractivity contribution in [3.05, 3.63) is 29.8 Å². The van der Waals surface area contributed by atoms with Gasteiger partial charge in [0.25, 0.3) is 0 Å². The van der Waals surface area contributed by atoms with Gasteiger partial charge >= 0.3 is 0 Å². The number of carbonyl (C=O) groups is 4. The highest BCUT2D eigenvalue weighted by Gasteiger charge is 2.46. The summed E-state index contributed by atoms with van der Waals surface area (Å²) in [4.78, 5) is 49.0. The lowest BCUT2D eigenvalue weighted by atomic mass is 9.85. The van der Waals surface area contributed by atoms with Gasteiger partial charge in [-0.3, -0.25) is 24.5 Å². The van der Waals surface area contributed by atoms with E-state index in [1.165, 1.54) is 6.92 Å². The molecule has 8 nitrogen and oxygen atoms in total. The molecule has 0 spiro atoms. The Morgan fingerprint density at radius 3 is 2.21 bits per heavy atom. The van der Waals surface area contributed by atoms with Gasteiger partial charge in [-0.25, -0.2) is 0 Å². The molecule has 0 aromatic heterocycles. The molecule has 160 valence electrons. The van der Waals surface area contributed by atoms with Crippen LogP contribution in [-0.2, 0) is 19.2 Å². The van der Waals surface area contributed by atoms with E-state index in [-0.39, 0.29) is 24.7 Å². The molecule has 0 bridgehead atoms. The number of halogens is 1. The zero-order valence-electron chi connectivity index (χ0n) is 16.9. The zero-order chi connectivity index (χ0) is 21.0. The van der Waals surface area contributed by atoms with Gasteiger partial charge in [0.15, 0.2) is 5.78 Å². The standard InChI is InChI=1S/C20H27N3O5.ClH/c1-10(2)17(18(25)16-11(3)19(26)23-20(16)27)22-15(24)9-14(21)12-5-7-13(28-4)8-6-12;/h5-8,10-11,14,16-17H,9,21H2,1-4H3,(H,22,24)(H,23,26,27);1H/t11-,14?,16+,17-;/m0./s1. The molecule has 1 fully saturated rings. The van der Waals surface area contributed by atoms with Crippen LogP contribution in [0, 0.1) is 17.8 Å². The molecule has 29 heavy (non-hydrogen) atoms. The molecule has 0 saturated carbocycles. The molecule has 1 unspecified atom stereocenters. The number of benzene rings is 1. The Morgan fingerprint density at radius 2 is 1.76 bits per heavy atom. The maximum absolute atomic E-state index is 12.8. The predicted molar refractivity (Wildman–Crippen MR) is 109 cm³/mol. The Kier molecular flexibility index (Phi) is 8.79. The number of nitrogens with two attached hydrogens (primary N) is 1. The second-order valence-electron chi connectivity index (χ2n) is 7.40. The molecule has 3 amide bonds. The summed E-state index contributed by atoms with van der Waals surface area (Å²) in [5, 5.41) is 4.85. The van der Waals surface area contributed by atoms with Gasteiger partial charge in [0.1, 0.15) is 11.7 Å². The van der Waals surface area contributed by atoms with Crippen LogP contribution in [-0.4, -0.2) is 36.7 Å². The molecule has 1 aliphatic heterocycles. The van der Waals surface area contributed by atoms with E-state index in [0.717, 1.165) is 5.56 Å². The van der Waals surface area contributed by atoms with Gasteiger partial charge < -0.3 is 15.8 Å². The maximum Gasteiger partial charge on any atom is 0.238 e. The van der Waals surface area contributed by atoms with Crippen LogP contribution in [0.25, 0.3) is 0 Å². The first-order valence-electron chi connectivity index (χ1n) is 9.23. The third-order valence-electron chi connectivity index (χ3n) is 4.99. The minimum atomic E-state index is -1.09. The Morgan fingerprint density at radius 1 is 1.17 bits per heavy atom. The van der Waals surface area contributed by atoms with Crippen LogP contribution in [0.4, 0.5) is 0 Å². The minimum absolute atomic E-state index is 0. The highest BCUT2D eigenvalue weighted by Crippen LogP contribution is 2.24. The number of imide groups is 1. The summed E-state index contributed by atoms with van der Waals surface area (Å²) in [7, 11) is 1.56. The van der Waals surface area contributed by atoms with Crippen LogP contribution >= 0.6 is 12.4 Å². The number of Topliss-reactive ketones (excluding diaryl/α,β-unsaturated/α-hetero) is 1. The number of carbonyl (C=O) groups excluding carboxylic acids is 4. The van der Waals surface area contributed by atoms with Crippen molar-refractivity contribution in [2.45, 2.75) is 39.3 Å². The molecule has 1 aromatic carbocycles. The highest BCUT2D eigenvalue weighted by molar-refractivity contribution is 6.16. The smallest absolute Gasteiger partial charge is 0.238 e. The molecule has 4 N–H and O–H groups in total. The molecular formula is C20H28ClN3O5. The lowest BCUT2D eigenvalue weighted by Crippen LogP contribution is -2.49. The summed E-state index contributed by atoms with van der Waals surface area (Å²) in [6, 6.07) is 5.63. The molecule has 1 heterocycles. The van der Waals surface area contributed by atoms with Crippen molar-refractivity contribution in [2.75, 3.05) is 7.11 Å². The average Bonchev–Trinajstić information content (AvgIpc) is 2.90. The van der Waals surface area contributed by atoms with Gasteiger partial charge in [0.05, 0.1) is 19.1 Å². The van der Waals surface area contributed by atoms with E-state index in [9.17, 15) is 19.2 Å². The summed E-state index contributed by atoms with van der Waals surface area (Å²) < 4.78 is 5.09. The van der Waals surface area contributed by atoms with E-state index in [1.807, 2.05) is 0 Å². The summed E-state index contributed by atoms with van der Waals surface area (Å²) in [5.41, 5.74) is 6.87. The van der Waals surface area contributed by atoms with Crippen LogP contribution in [0.2, 0.25) is 0 Å². The molecule has 0 aliphatic carbocycles. The average molecular weight is 426 g/mol. The van der Waals surface area contributed by atoms with Crippen molar-refractivity contribution >= 4 is 35.9 Å². The third kappa shape index (κ3) is 5.77. The minimum Gasteiger partial charge on any atom is -0.497 e. The van der Waals surface area contributed by atoms with E-state index in [1.54, 1.807) is 45.2 Å². The van der Waals surface area contributed by atoms with Crippen LogP contribution in [0.15, 0.2) is 24.3 Å². The molecular weight excluding hydrogens is 398 g/mol. The molecule has 9 heteroatoms. The first kappa shape index (κ1) is 24.6. The van der Waals surface area contributed by atoms with Crippen molar-refractivity contribution in [3.8, 4) is 5.75 Å². The zero-order valence-corrected chi connectivity index (χ0v) is 17.7. The number of hydrogen-bond acceptors (Lipinski definition) is 6. The largest absolute Gasteiger partial charge is 0.497 e. The Balaban J connectivity index is 0.00000420. The first-order valence-corrected chi connectivity index (χ1v) is 9.23. The van der Waals surface area contributed by atoms with Gasteiger partial charge in [-0.1, -0.05) is 32.9 Å². The molecule has 1 saturated heterocycles. The van der Waals surface area contributed by atoms with E-state index in [2.05, 4.69) is 10.6 Å². The number of hydrogen-bond donors (Lipinski definition) is 3. The fourth-order valence-corrected chi connectivity index (χ4v) is 3.23. The van der Waals surface area contributed by atoms with E-state index < -0.39 is 47.4 Å². The van der Waals surface area contributed by atoms with Crippen LogP contribution in [0.3, 0.4) is 0 Å². The summed E-state index contributed by atoms with van der Waals surface area (Å²) in [6.45, 7) is 5.07. The van der Waals surface area contributed by atoms with Crippen molar-refractivity contribution in [1.29, 1.82) is 0 Å². The van der Waals surface area contributed by atoms with Gasteiger partial charge in [0.2, 0.25) is 17.7 Å². The van der Waals surface area contributed by atoms with E-state index in [0.29, 0.717) is 5.75 Å². The second kappa shape index (κ2) is 10.4. The number of rotatable bonds is 8. The lowest BCUT2D eigenvalue weighted by Gasteiger charge is -2.25. The fourth-order valence-electron chi connectivity index (χ4n) is 3.23. The summed E-state index contributed by atoms with van der Waals surface area (Å²) >= 11 is 0. The van der Waals surface area contributed by atoms with Crippen molar-refractivity contribution in [3.63, 3.8) is 0 Å². The van der Waals surface area contributed by atoms with Gasteiger partial charge in [-0.15, -0.1) is 12.4 Å². The number of ether oxygens (including phenoxy) is 1. The predicted octanol–water partition coefficient (Wildman–Crippen LogP) is 1.13. The Bertz CT molecular complexity index is 766. The van der Waals surface area contributed by atoms with Crippen molar-refractivity contribution < 1.29 is 23.9 Å². The first-order chi connectivity index (χ1) is 13.1. The topological polar surface area (TPSA) is 128 Å². The van der Waals surface area contributed by atoms with Gasteiger partial charge in [0, 0.05) is 12.5 Å². The number of ketones is 1. The van der Waals surface area contributed by atoms with Crippen molar-refractivity contribution in [1.82, 2.24) is 10.6 Å². The van der Waals surface area contributed by atoms with Crippen LogP contribution in [0.5, 0.6) is 5.75 Å². The van der Waals surface area contributed by atoms with E-state index in [4.69, 9.17) is 10.5 Å². The number of amides is 3. The molecule has 0 radical (unpaired) electrons. The number of methoxy groups -OCH3 is 1. The number of nitrogens with one attached hydrogen (secondary N) is 2. The SMILES string of the molecule is COc1ccc(C(N)CC(=O)N[C@H](C(=O)[C@@H]2C(=O)NC(=O)[C@H]2C)C(C)C)cc1.Cl. The van der Waals surface area contributed by atoms with Gasteiger partial charge in [-0.2, -0.15) is 0 Å². The van der Waals surface area contributed by atoms with Crippen LogP contribution < -0.4 is 21.1 Å². The highest BCUT2D eigenvalue weighted by atomic mass is 35.5. The second-order valence-corrected chi connectivity index (χ2v) is 7.40. The molecule has 1 aromatic rings. The third-order valence-corrected chi connectivity index (χ3v) is 4.99. The van der Waals surface area contributed by atoms with Crippen molar-refractivity contribution in [2.24, 2.45) is 23.5 Å². The molecule has 2 rings (SSSR count). The molecule has 1 aliphatic rings. The normalized spacial score (nSPS) is 20.5. The summed E-state index contributed by atoms with van der Waals surface area (Å²) in [6.07, 6.45) is -0.0197. The Labute approximate surface area is 176 Å².